The van der Waals surface area contributed by atoms with Crippen LogP contribution in [0, 0.1) is 11.8 Å². The van der Waals surface area contributed by atoms with Gasteiger partial charge in [0.2, 0.25) is 0 Å². The van der Waals surface area contributed by atoms with Crippen LogP contribution < -0.4 is 0 Å². The highest BCUT2D eigenvalue weighted by molar-refractivity contribution is 6.08. The predicted molar refractivity (Wildman–Crippen MR) is 91.0 cm³/mol. The van der Waals surface area contributed by atoms with E-state index in [1.807, 2.05) is 54.6 Å². The molecule has 0 aliphatic carbocycles. The molecular weight excluding hydrogens is 270 g/mol. The summed E-state index contributed by atoms with van der Waals surface area (Å²) in [5.41, 5.74) is 2.35. The van der Waals surface area contributed by atoms with Crippen molar-refractivity contribution in [2.24, 2.45) is 0 Å². The van der Waals surface area contributed by atoms with Crippen molar-refractivity contribution >= 4 is 5.78 Å². The van der Waals surface area contributed by atoms with Gasteiger partial charge in [0.1, 0.15) is 0 Å². The first kappa shape index (κ1) is 16.0. The van der Waals surface area contributed by atoms with Crippen LogP contribution in [0.4, 0.5) is 0 Å². The lowest BCUT2D eigenvalue weighted by molar-refractivity contribution is 0.103. The summed E-state index contributed by atoms with van der Waals surface area (Å²) in [6, 6.07) is 16.8. The van der Waals surface area contributed by atoms with Gasteiger partial charge in [-0.25, -0.2) is 0 Å². The molecular formula is C20H21NO. The summed E-state index contributed by atoms with van der Waals surface area (Å²) in [7, 11) is 0. The van der Waals surface area contributed by atoms with E-state index in [2.05, 4.69) is 30.6 Å². The lowest BCUT2D eigenvalue weighted by Crippen LogP contribution is -2.22. The normalized spacial score (nSPS) is 10.1. The van der Waals surface area contributed by atoms with Crippen LogP contribution in [-0.2, 0) is 0 Å². The minimum atomic E-state index is 0.0447. The molecule has 0 saturated carbocycles. The Balaban J connectivity index is 2.05. The summed E-state index contributed by atoms with van der Waals surface area (Å²) >= 11 is 0. The van der Waals surface area contributed by atoms with Crippen molar-refractivity contribution in [3.8, 4) is 11.8 Å². The third-order valence-corrected chi connectivity index (χ3v) is 3.61. The largest absolute Gasteiger partial charge is 0.293 e. The van der Waals surface area contributed by atoms with Gasteiger partial charge >= 0.3 is 0 Å². The predicted octanol–water partition coefficient (Wildman–Crippen LogP) is 3.61. The fraction of sp³-hybridized carbons (Fsp3) is 0.250. The second kappa shape index (κ2) is 8.17. The zero-order valence-electron chi connectivity index (χ0n) is 13.2. The zero-order valence-corrected chi connectivity index (χ0v) is 13.2. The summed E-state index contributed by atoms with van der Waals surface area (Å²) in [5, 5.41) is 0. The van der Waals surface area contributed by atoms with Gasteiger partial charge in [-0.2, -0.15) is 0 Å². The highest BCUT2D eigenvalue weighted by Crippen LogP contribution is 2.10. The number of benzene rings is 2. The Bertz CT molecular complexity index is 658. The van der Waals surface area contributed by atoms with Crippen LogP contribution in [0.1, 0.15) is 35.3 Å². The van der Waals surface area contributed by atoms with Gasteiger partial charge in [0.15, 0.2) is 5.78 Å². The highest BCUT2D eigenvalue weighted by Gasteiger charge is 2.07. The topological polar surface area (TPSA) is 20.3 Å². The van der Waals surface area contributed by atoms with Crippen molar-refractivity contribution < 1.29 is 4.79 Å². The van der Waals surface area contributed by atoms with Gasteiger partial charge in [-0.1, -0.05) is 56.0 Å². The summed E-state index contributed by atoms with van der Waals surface area (Å²) in [4.78, 5) is 14.6. The molecule has 2 aromatic rings. The maximum atomic E-state index is 12.3. The number of carbonyl (C=O) groups excluding carboxylic acids is 1. The van der Waals surface area contributed by atoms with Crippen LogP contribution in [0.3, 0.4) is 0 Å². The average Bonchev–Trinajstić information content (AvgIpc) is 2.59. The molecule has 112 valence electrons. The molecule has 0 bridgehead atoms. The zero-order chi connectivity index (χ0) is 15.8. The lowest BCUT2D eigenvalue weighted by Gasteiger charge is -2.13. The molecule has 0 heterocycles. The first-order valence-corrected chi connectivity index (χ1v) is 7.65. The molecule has 2 heteroatoms. The van der Waals surface area contributed by atoms with E-state index in [-0.39, 0.29) is 5.78 Å². The third-order valence-electron chi connectivity index (χ3n) is 3.61. The fourth-order valence-corrected chi connectivity index (χ4v) is 2.16. The molecule has 0 amide bonds. The van der Waals surface area contributed by atoms with E-state index >= 15 is 0 Å². The van der Waals surface area contributed by atoms with E-state index in [4.69, 9.17) is 0 Å². The average molecular weight is 291 g/mol. The van der Waals surface area contributed by atoms with Crippen LogP contribution >= 0.6 is 0 Å². The maximum Gasteiger partial charge on any atom is 0.193 e. The molecule has 0 aromatic heterocycles. The van der Waals surface area contributed by atoms with E-state index in [1.165, 1.54) is 0 Å². The number of carbonyl (C=O) groups is 1. The van der Waals surface area contributed by atoms with Gasteiger partial charge < -0.3 is 0 Å². The Morgan fingerprint density at radius 3 is 2.09 bits per heavy atom. The monoisotopic (exact) mass is 291 g/mol. The second-order valence-corrected chi connectivity index (χ2v) is 5.04. The third kappa shape index (κ3) is 4.31. The number of hydrogen-bond acceptors (Lipinski definition) is 2. The molecule has 2 nitrogen and oxygen atoms in total. The Labute approximate surface area is 132 Å². The van der Waals surface area contributed by atoms with Crippen LogP contribution in [0.5, 0.6) is 0 Å². The van der Waals surface area contributed by atoms with Gasteiger partial charge in [-0.05, 0) is 37.4 Å². The molecule has 0 spiro atoms. The quantitative estimate of drug-likeness (QED) is 0.619. The summed E-state index contributed by atoms with van der Waals surface area (Å²) in [5.74, 6) is 6.37. The van der Waals surface area contributed by atoms with E-state index in [0.29, 0.717) is 11.1 Å². The molecule has 0 aliphatic rings. The highest BCUT2D eigenvalue weighted by atomic mass is 16.1. The van der Waals surface area contributed by atoms with Crippen LogP contribution in [0.15, 0.2) is 54.6 Å². The van der Waals surface area contributed by atoms with Gasteiger partial charge in [0.05, 0.1) is 6.54 Å². The van der Waals surface area contributed by atoms with Crippen molar-refractivity contribution in [1.82, 2.24) is 4.90 Å². The van der Waals surface area contributed by atoms with Crippen molar-refractivity contribution in [2.75, 3.05) is 19.6 Å². The summed E-state index contributed by atoms with van der Waals surface area (Å²) in [6.07, 6.45) is 0. The van der Waals surface area contributed by atoms with Crippen molar-refractivity contribution in [3.63, 3.8) is 0 Å². The van der Waals surface area contributed by atoms with E-state index < -0.39 is 0 Å². The van der Waals surface area contributed by atoms with E-state index in [9.17, 15) is 4.79 Å². The van der Waals surface area contributed by atoms with Crippen molar-refractivity contribution in [2.45, 2.75) is 13.8 Å². The SMILES string of the molecule is CCN(CC)CC#Cc1ccc(C(=O)c2ccccc2)cc1. The Morgan fingerprint density at radius 2 is 1.50 bits per heavy atom. The van der Waals surface area contributed by atoms with Gasteiger partial charge in [-0.15, -0.1) is 0 Å². The van der Waals surface area contributed by atoms with E-state index in [1.54, 1.807) is 0 Å². The molecule has 2 rings (SSSR count). The van der Waals surface area contributed by atoms with Gasteiger partial charge in [0.25, 0.3) is 0 Å². The standard InChI is InChI=1S/C20H21NO/c1-3-21(4-2)16-8-9-17-12-14-19(15-13-17)20(22)18-10-6-5-7-11-18/h5-7,10-15H,3-4,16H2,1-2H3. The van der Waals surface area contributed by atoms with Crippen LogP contribution in [0.25, 0.3) is 0 Å². The first-order chi connectivity index (χ1) is 10.7. The van der Waals surface area contributed by atoms with E-state index in [0.717, 1.165) is 25.2 Å². The molecule has 0 unspecified atom stereocenters. The number of nitrogens with zero attached hydrogens (tertiary/aromatic N) is 1. The second-order valence-electron chi connectivity index (χ2n) is 5.04. The molecule has 0 atom stereocenters. The molecule has 0 radical (unpaired) electrons. The number of hydrogen-bond donors (Lipinski definition) is 0. The number of rotatable bonds is 5. The smallest absolute Gasteiger partial charge is 0.193 e. The maximum absolute atomic E-state index is 12.3. The van der Waals surface area contributed by atoms with Crippen molar-refractivity contribution in [3.05, 3.63) is 71.3 Å². The Hall–Kier alpha value is -2.37. The Kier molecular flexibility index (Phi) is 5.94. The van der Waals surface area contributed by atoms with Crippen molar-refractivity contribution in [1.29, 1.82) is 0 Å². The number of ketones is 1. The molecule has 0 saturated heterocycles. The summed E-state index contributed by atoms with van der Waals surface area (Å²) < 4.78 is 0. The van der Waals surface area contributed by atoms with Crippen LogP contribution in [0.2, 0.25) is 0 Å². The molecule has 22 heavy (non-hydrogen) atoms. The molecule has 0 fully saturated rings. The minimum Gasteiger partial charge on any atom is -0.293 e. The minimum absolute atomic E-state index is 0.0447. The van der Waals surface area contributed by atoms with Gasteiger partial charge in [-0.3, -0.25) is 9.69 Å². The molecule has 0 N–H and O–H groups in total. The Morgan fingerprint density at radius 1 is 0.909 bits per heavy atom. The molecule has 2 aromatic carbocycles. The van der Waals surface area contributed by atoms with Crippen LogP contribution in [-0.4, -0.2) is 30.3 Å². The first-order valence-electron chi connectivity index (χ1n) is 7.65. The molecule has 0 aliphatic heterocycles. The van der Waals surface area contributed by atoms with Gasteiger partial charge in [0, 0.05) is 16.7 Å². The summed E-state index contributed by atoms with van der Waals surface area (Å²) in [6.45, 7) is 7.06. The lowest BCUT2D eigenvalue weighted by atomic mass is 10.0. The fourth-order valence-electron chi connectivity index (χ4n) is 2.16.